The second-order valence-corrected chi connectivity index (χ2v) is 7.64. The van der Waals surface area contributed by atoms with Crippen molar-refractivity contribution in [3.05, 3.63) is 65.5 Å². The number of piperazine rings is 1. The molecule has 3 rings (SSSR count). The van der Waals surface area contributed by atoms with Gasteiger partial charge in [0.25, 0.3) is 0 Å². The Morgan fingerprint density at radius 3 is 2.41 bits per heavy atom. The maximum Gasteiger partial charge on any atom is 0.239 e. The van der Waals surface area contributed by atoms with Crippen molar-refractivity contribution in [1.82, 2.24) is 14.7 Å². The fourth-order valence-corrected chi connectivity index (χ4v) is 3.79. The number of nitrogens with zero attached hydrogens (tertiary/aromatic N) is 3. The highest BCUT2D eigenvalue weighted by molar-refractivity contribution is 5.81. The summed E-state index contributed by atoms with van der Waals surface area (Å²) in [4.78, 5) is 19.2. The molecule has 0 spiro atoms. The lowest BCUT2D eigenvalue weighted by Crippen LogP contribution is -2.53. The van der Waals surface area contributed by atoms with E-state index >= 15 is 0 Å². The van der Waals surface area contributed by atoms with E-state index < -0.39 is 0 Å². The summed E-state index contributed by atoms with van der Waals surface area (Å²) >= 11 is 0. The third-order valence-electron chi connectivity index (χ3n) is 5.57. The molecule has 0 saturated carbocycles. The Labute approximate surface area is 172 Å². The lowest BCUT2D eigenvalue weighted by Gasteiger charge is -2.38. The number of rotatable bonds is 7. The van der Waals surface area contributed by atoms with Crippen molar-refractivity contribution in [2.24, 2.45) is 0 Å². The Balaban J connectivity index is 1.49. The van der Waals surface area contributed by atoms with E-state index in [0.29, 0.717) is 13.1 Å². The van der Waals surface area contributed by atoms with E-state index in [2.05, 4.69) is 9.80 Å². The molecule has 5 nitrogen and oxygen atoms in total. The fraction of sp³-hybridized carbons (Fsp3) is 0.435. The second-order valence-electron chi connectivity index (χ2n) is 7.64. The molecule has 1 aliphatic heterocycles. The van der Waals surface area contributed by atoms with Gasteiger partial charge in [0.2, 0.25) is 5.91 Å². The van der Waals surface area contributed by atoms with Crippen LogP contribution in [-0.2, 0) is 17.9 Å². The monoisotopic (exact) mass is 399 g/mol. The van der Waals surface area contributed by atoms with Crippen LogP contribution in [0.2, 0.25) is 0 Å². The quantitative estimate of drug-likeness (QED) is 0.717. The molecule has 0 aliphatic carbocycles. The summed E-state index contributed by atoms with van der Waals surface area (Å²) in [6, 6.07) is 15.0. The normalized spacial score (nSPS) is 16.4. The highest BCUT2D eigenvalue weighted by Crippen LogP contribution is 2.19. The molecule has 0 bridgehead atoms. The maximum absolute atomic E-state index is 13.9. The zero-order valence-electron chi connectivity index (χ0n) is 17.5. The van der Waals surface area contributed by atoms with Gasteiger partial charge in [-0.25, -0.2) is 4.39 Å². The molecule has 0 unspecified atom stereocenters. The molecule has 0 aromatic heterocycles. The molecule has 2 aromatic carbocycles. The summed E-state index contributed by atoms with van der Waals surface area (Å²) in [5.74, 6) is 0.0781. The largest absolute Gasteiger partial charge is 0.494 e. The summed E-state index contributed by atoms with van der Waals surface area (Å²) < 4.78 is 18.9. The predicted molar refractivity (Wildman–Crippen MR) is 112 cm³/mol. The van der Waals surface area contributed by atoms with E-state index in [9.17, 15) is 9.18 Å². The number of benzene rings is 2. The van der Waals surface area contributed by atoms with Crippen molar-refractivity contribution >= 4 is 5.91 Å². The lowest BCUT2D eigenvalue weighted by atomic mass is 10.1. The Hall–Kier alpha value is -2.44. The first kappa shape index (κ1) is 21.3. The maximum atomic E-state index is 13.9. The SMILES string of the molecule is COc1ccc(CN2CCN([C@H](C)C(=O)N(C)Cc3ccccc3)CC2)cc1F. The van der Waals surface area contributed by atoms with E-state index in [1.807, 2.05) is 50.4 Å². The molecule has 1 fully saturated rings. The molecule has 1 amide bonds. The van der Waals surface area contributed by atoms with Crippen molar-refractivity contribution in [2.45, 2.75) is 26.1 Å². The van der Waals surface area contributed by atoms with Crippen molar-refractivity contribution in [2.75, 3.05) is 40.3 Å². The van der Waals surface area contributed by atoms with Gasteiger partial charge >= 0.3 is 0 Å². The van der Waals surface area contributed by atoms with Gasteiger partial charge in [-0.05, 0) is 30.2 Å². The highest BCUT2D eigenvalue weighted by Gasteiger charge is 2.27. The van der Waals surface area contributed by atoms with Crippen LogP contribution in [0.25, 0.3) is 0 Å². The molecule has 1 heterocycles. The lowest BCUT2D eigenvalue weighted by molar-refractivity contribution is -0.136. The number of carbonyl (C=O) groups excluding carboxylic acids is 1. The van der Waals surface area contributed by atoms with Crippen LogP contribution in [0.3, 0.4) is 0 Å². The smallest absolute Gasteiger partial charge is 0.239 e. The molecule has 1 saturated heterocycles. The first-order valence-corrected chi connectivity index (χ1v) is 10.1. The molecule has 6 heteroatoms. The Kier molecular flexibility index (Phi) is 7.23. The van der Waals surface area contributed by atoms with Crippen LogP contribution in [0, 0.1) is 5.82 Å². The predicted octanol–water partition coefficient (Wildman–Crippen LogP) is 3.00. The summed E-state index contributed by atoms with van der Waals surface area (Å²) in [5, 5.41) is 0. The van der Waals surface area contributed by atoms with Crippen molar-refractivity contribution in [1.29, 1.82) is 0 Å². The minimum absolute atomic E-state index is 0.138. The zero-order valence-corrected chi connectivity index (χ0v) is 17.5. The molecular formula is C23H30FN3O2. The Bertz CT molecular complexity index is 807. The van der Waals surface area contributed by atoms with E-state index in [0.717, 1.165) is 37.3 Å². The van der Waals surface area contributed by atoms with Gasteiger partial charge in [-0.3, -0.25) is 14.6 Å². The fourth-order valence-electron chi connectivity index (χ4n) is 3.79. The third kappa shape index (κ3) is 5.55. The van der Waals surface area contributed by atoms with Crippen molar-refractivity contribution in [3.8, 4) is 5.75 Å². The average Bonchev–Trinajstić information content (AvgIpc) is 2.74. The van der Waals surface area contributed by atoms with E-state index in [4.69, 9.17) is 4.74 Å². The van der Waals surface area contributed by atoms with Crippen LogP contribution < -0.4 is 4.74 Å². The van der Waals surface area contributed by atoms with E-state index in [1.165, 1.54) is 13.2 Å². The van der Waals surface area contributed by atoms with Gasteiger partial charge in [0.15, 0.2) is 11.6 Å². The molecule has 0 radical (unpaired) electrons. The summed E-state index contributed by atoms with van der Waals surface area (Å²) in [6.07, 6.45) is 0. The minimum Gasteiger partial charge on any atom is -0.494 e. The number of hydrogen-bond donors (Lipinski definition) is 0. The number of likely N-dealkylation sites (N-methyl/N-ethyl adjacent to an activating group) is 1. The summed E-state index contributed by atoms with van der Waals surface area (Å²) in [5.41, 5.74) is 2.07. The number of hydrogen-bond acceptors (Lipinski definition) is 4. The number of halogens is 1. The van der Waals surface area contributed by atoms with Crippen molar-refractivity contribution in [3.63, 3.8) is 0 Å². The standard InChI is InChI=1S/C23H30FN3O2/c1-18(23(28)25(2)16-19-7-5-4-6-8-19)27-13-11-26(12-14-27)17-20-9-10-22(29-3)21(24)15-20/h4-10,15,18H,11-14,16-17H2,1-3H3/t18-/m1/s1. The minimum atomic E-state index is -0.329. The van der Waals surface area contributed by atoms with Crippen LogP contribution >= 0.6 is 0 Å². The van der Waals surface area contributed by atoms with Gasteiger partial charge in [-0.1, -0.05) is 36.4 Å². The van der Waals surface area contributed by atoms with Crippen LogP contribution in [0.5, 0.6) is 5.75 Å². The van der Waals surface area contributed by atoms with Crippen LogP contribution in [0.15, 0.2) is 48.5 Å². The van der Waals surface area contributed by atoms with E-state index in [1.54, 1.807) is 11.0 Å². The van der Waals surface area contributed by atoms with Crippen LogP contribution in [-0.4, -0.2) is 67.0 Å². The zero-order chi connectivity index (χ0) is 20.8. The first-order valence-electron chi connectivity index (χ1n) is 10.1. The summed E-state index contributed by atoms with van der Waals surface area (Å²) in [6.45, 7) is 6.66. The van der Waals surface area contributed by atoms with Gasteiger partial charge in [0.1, 0.15) is 0 Å². The second kappa shape index (κ2) is 9.85. The summed E-state index contributed by atoms with van der Waals surface area (Å²) in [7, 11) is 3.33. The molecule has 1 atom stereocenters. The average molecular weight is 400 g/mol. The number of methoxy groups -OCH3 is 1. The van der Waals surface area contributed by atoms with Crippen LogP contribution in [0.1, 0.15) is 18.1 Å². The molecule has 0 N–H and O–H groups in total. The van der Waals surface area contributed by atoms with Crippen molar-refractivity contribution < 1.29 is 13.9 Å². The topological polar surface area (TPSA) is 36.0 Å². The number of ether oxygens (including phenoxy) is 1. The number of carbonyl (C=O) groups is 1. The molecule has 1 aliphatic rings. The Morgan fingerprint density at radius 1 is 1.10 bits per heavy atom. The van der Waals surface area contributed by atoms with Gasteiger partial charge in [0, 0.05) is 46.3 Å². The molecule has 2 aromatic rings. The third-order valence-corrected chi connectivity index (χ3v) is 5.57. The van der Waals surface area contributed by atoms with Gasteiger partial charge < -0.3 is 9.64 Å². The van der Waals surface area contributed by atoms with Gasteiger partial charge in [-0.15, -0.1) is 0 Å². The van der Waals surface area contributed by atoms with Crippen LogP contribution in [0.4, 0.5) is 4.39 Å². The molecule has 29 heavy (non-hydrogen) atoms. The van der Waals surface area contributed by atoms with Gasteiger partial charge in [0.05, 0.1) is 13.2 Å². The van der Waals surface area contributed by atoms with E-state index in [-0.39, 0.29) is 23.5 Å². The highest BCUT2D eigenvalue weighted by atomic mass is 19.1. The molecular weight excluding hydrogens is 369 g/mol. The number of amides is 1. The first-order chi connectivity index (χ1) is 14.0. The Morgan fingerprint density at radius 2 is 1.79 bits per heavy atom. The van der Waals surface area contributed by atoms with Gasteiger partial charge in [-0.2, -0.15) is 0 Å². The molecule has 156 valence electrons.